The van der Waals surface area contributed by atoms with Crippen LogP contribution in [-0.4, -0.2) is 36.3 Å². The molecule has 4 atom stereocenters. The number of imide groups is 1. The van der Waals surface area contributed by atoms with Gasteiger partial charge in [0.25, 0.3) is 0 Å². The van der Waals surface area contributed by atoms with Gasteiger partial charge in [0.1, 0.15) is 5.82 Å². The first-order valence-electron chi connectivity index (χ1n) is 9.48. The number of carbonyl (C=O) groups is 3. The number of esters is 1. The maximum Gasteiger partial charge on any atom is 0.331 e. The lowest BCUT2D eigenvalue weighted by Gasteiger charge is -2.32. The number of ether oxygens (including phenoxy) is 1. The average molecular weight is 396 g/mol. The van der Waals surface area contributed by atoms with Crippen molar-refractivity contribution >= 4 is 17.8 Å². The fourth-order valence-electron chi connectivity index (χ4n) is 4.71. The average Bonchev–Trinajstić information content (AvgIpc) is 3.23. The molecule has 2 aliphatic heterocycles. The summed E-state index contributed by atoms with van der Waals surface area (Å²) in [6.45, 7) is 1.88. The van der Waals surface area contributed by atoms with Crippen molar-refractivity contribution in [3.63, 3.8) is 0 Å². The Balaban J connectivity index is 1.97. The van der Waals surface area contributed by atoms with Gasteiger partial charge in [0, 0.05) is 18.2 Å². The van der Waals surface area contributed by atoms with Gasteiger partial charge in [-0.25, -0.2) is 9.18 Å². The van der Waals surface area contributed by atoms with Crippen LogP contribution in [0.15, 0.2) is 54.6 Å². The zero-order chi connectivity index (χ0) is 20.8. The number of methoxy groups -OCH3 is 1. The first-order chi connectivity index (χ1) is 14.0. The highest BCUT2D eigenvalue weighted by molar-refractivity contribution is 6.09. The van der Waals surface area contributed by atoms with E-state index in [-0.39, 0.29) is 12.1 Å². The van der Waals surface area contributed by atoms with Crippen molar-refractivity contribution in [3.05, 3.63) is 71.5 Å². The summed E-state index contributed by atoms with van der Waals surface area (Å²) >= 11 is 0. The van der Waals surface area contributed by atoms with Crippen LogP contribution in [0.3, 0.4) is 0 Å². The number of fused-ring (bicyclic) bond motifs is 1. The van der Waals surface area contributed by atoms with Crippen LogP contribution in [-0.2, 0) is 24.7 Å². The smallest absolute Gasteiger partial charge is 0.331 e. The minimum absolute atomic E-state index is 0.181. The van der Waals surface area contributed by atoms with E-state index in [0.717, 1.165) is 4.90 Å². The van der Waals surface area contributed by atoms with Crippen LogP contribution < -0.4 is 5.32 Å². The number of nitrogens with zero attached hydrogens (tertiary/aromatic N) is 1. The summed E-state index contributed by atoms with van der Waals surface area (Å²) in [7, 11) is 1.24. The van der Waals surface area contributed by atoms with Gasteiger partial charge in [-0.2, -0.15) is 0 Å². The van der Waals surface area contributed by atoms with Crippen molar-refractivity contribution in [3.8, 4) is 0 Å². The van der Waals surface area contributed by atoms with E-state index in [9.17, 15) is 18.8 Å². The van der Waals surface area contributed by atoms with Crippen molar-refractivity contribution in [2.75, 3.05) is 13.7 Å². The summed E-state index contributed by atoms with van der Waals surface area (Å²) in [6.07, 6.45) is 0. The second-order valence-electron chi connectivity index (χ2n) is 7.23. The SMILES string of the molecule is CCN1C(=O)[C@H]2[C@@H](C1=O)[C@@](C(=O)OC)(c1ccccc1)N[C@H]2c1ccccc1F. The summed E-state index contributed by atoms with van der Waals surface area (Å²) in [4.78, 5) is 40.7. The van der Waals surface area contributed by atoms with E-state index in [1.54, 1.807) is 55.5 Å². The number of halogens is 1. The molecule has 150 valence electrons. The molecular weight excluding hydrogens is 375 g/mol. The molecule has 0 unspecified atom stereocenters. The predicted molar refractivity (Wildman–Crippen MR) is 102 cm³/mol. The number of likely N-dealkylation sites (tertiary alicyclic amines) is 1. The van der Waals surface area contributed by atoms with E-state index in [4.69, 9.17) is 4.74 Å². The maximum absolute atomic E-state index is 14.7. The normalized spacial score (nSPS) is 28.5. The van der Waals surface area contributed by atoms with E-state index < -0.39 is 47.0 Å². The molecule has 0 bridgehead atoms. The molecule has 4 rings (SSSR count). The quantitative estimate of drug-likeness (QED) is 0.633. The first-order valence-corrected chi connectivity index (χ1v) is 9.48. The van der Waals surface area contributed by atoms with Crippen molar-refractivity contribution in [1.29, 1.82) is 0 Å². The molecule has 7 heteroatoms. The molecule has 0 spiro atoms. The molecule has 2 saturated heterocycles. The Morgan fingerprint density at radius 2 is 1.76 bits per heavy atom. The molecule has 2 aliphatic rings. The van der Waals surface area contributed by atoms with Crippen molar-refractivity contribution < 1.29 is 23.5 Å². The maximum atomic E-state index is 14.7. The molecule has 2 fully saturated rings. The van der Waals surface area contributed by atoms with Crippen LogP contribution in [0.5, 0.6) is 0 Å². The molecule has 0 aliphatic carbocycles. The summed E-state index contributed by atoms with van der Waals surface area (Å²) in [5, 5.41) is 3.15. The Bertz CT molecular complexity index is 980. The Hall–Kier alpha value is -3.06. The van der Waals surface area contributed by atoms with Crippen LogP contribution in [0.25, 0.3) is 0 Å². The molecule has 0 saturated carbocycles. The number of hydrogen-bond acceptors (Lipinski definition) is 5. The molecule has 2 aromatic carbocycles. The minimum Gasteiger partial charge on any atom is -0.467 e. The molecule has 6 nitrogen and oxygen atoms in total. The largest absolute Gasteiger partial charge is 0.467 e. The standard InChI is InChI=1S/C22H21FN2O4/c1-3-25-19(26)16-17(20(25)27)22(21(28)29-2,13-9-5-4-6-10-13)24-18(16)14-11-7-8-12-15(14)23/h4-12,16-18,24H,3H2,1-2H3/t16-,17-,18-,22+/m0/s1. The summed E-state index contributed by atoms with van der Waals surface area (Å²) in [5.41, 5.74) is -0.854. The fraction of sp³-hybridized carbons (Fsp3) is 0.318. The van der Waals surface area contributed by atoms with Crippen molar-refractivity contribution in [2.45, 2.75) is 18.5 Å². The number of hydrogen-bond donors (Lipinski definition) is 1. The van der Waals surface area contributed by atoms with Crippen LogP contribution in [0.4, 0.5) is 4.39 Å². The second kappa shape index (κ2) is 7.08. The van der Waals surface area contributed by atoms with Crippen LogP contribution in [0.2, 0.25) is 0 Å². The third kappa shape index (κ3) is 2.61. The molecule has 29 heavy (non-hydrogen) atoms. The lowest BCUT2D eigenvalue weighted by atomic mass is 9.75. The van der Waals surface area contributed by atoms with Gasteiger partial charge >= 0.3 is 5.97 Å². The van der Waals surface area contributed by atoms with Crippen LogP contribution in [0.1, 0.15) is 24.1 Å². The summed E-state index contributed by atoms with van der Waals surface area (Å²) in [6, 6.07) is 13.9. The predicted octanol–water partition coefficient (Wildman–Crippen LogP) is 2.16. The summed E-state index contributed by atoms with van der Waals surface area (Å²) in [5.74, 6) is -4.01. The fourth-order valence-corrected chi connectivity index (χ4v) is 4.71. The minimum atomic E-state index is -1.59. The van der Waals surface area contributed by atoms with Crippen LogP contribution >= 0.6 is 0 Å². The molecule has 2 amide bonds. The second-order valence-corrected chi connectivity index (χ2v) is 7.23. The van der Waals surface area contributed by atoms with E-state index in [0.29, 0.717) is 5.56 Å². The van der Waals surface area contributed by atoms with E-state index >= 15 is 0 Å². The lowest BCUT2D eigenvalue weighted by molar-refractivity contribution is -0.154. The zero-order valence-electron chi connectivity index (χ0n) is 16.1. The third-order valence-electron chi connectivity index (χ3n) is 5.94. The van der Waals surface area contributed by atoms with Crippen molar-refractivity contribution in [1.82, 2.24) is 10.2 Å². The van der Waals surface area contributed by atoms with E-state index in [1.165, 1.54) is 13.2 Å². The lowest BCUT2D eigenvalue weighted by Crippen LogP contribution is -2.53. The summed E-state index contributed by atoms with van der Waals surface area (Å²) < 4.78 is 19.8. The van der Waals surface area contributed by atoms with Gasteiger partial charge in [0.2, 0.25) is 11.8 Å². The number of nitrogens with one attached hydrogen (secondary N) is 1. The Kier molecular flexibility index (Phi) is 4.70. The molecule has 1 N–H and O–H groups in total. The Morgan fingerprint density at radius 3 is 2.38 bits per heavy atom. The highest BCUT2D eigenvalue weighted by Crippen LogP contribution is 2.53. The van der Waals surface area contributed by atoms with Crippen LogP contribution in [0, 0.1) is 17.7 Å². The third-order valence-corrected chi connectivity index (χ3v) is 5.94. The highest BCUT2D eigenvalue weighted by atomic mass is 19.1. The number of benzene rings is 2. The highest BCUT2D eigenvalue weighted by Gasteiger charge is 2.69. The van der Waals surface area contributed by atoms with E-state index in [1.807, 2.05) is 0 Å². The number of carbonyl (C=O) groups excluding carboxylic acids is 3. The van der Waals surface area contributed by atoms with Gasteiger partial charge in [-0.15, -0.1) is 0 Å². The van der Waals surface area contributed by atoms with Gasteiger partial charge in [-0.1, -0.05) is 48.5 Å². The van der Waals surface area contributed by atoms with E-state index in [2.05, 4.69) is 5.32 Å². The first kappa shape index (κ1) is 19.3. The number of rotatable bonds is 4. The molecule has 0 aromatic heterocycles. The van der Waals surface area contributed by atoms with Gasteiger partial charge < -0.3 is 4.74 Å². The van der Waals surface area contributed by atoms with Gasteiger partial charge in [0.15, 0.2) is 5.54 Å². The number of amides is 2. The molecule has 2 heterocycles. The molecular formula is C22H21FN2O4. The molecule has 0 radical (unpaired) electrons. The van der Waals surface area contributed by atoms with Gasteiger partial charge in [-0.3, -0.25) is 19.8 Å². The van der Waals surface area contributed by atoms with Gasteiger partial charge in [0.05, 0.1) is 18.9 Å². The Labute approximate surface area is 167 Å². The van der Waals surface area contributed by atoms with Gasteiger partial charge in [-0.05, 0) is 18.6 Å². The topological polar surface area (TPSA) is 75.7 Å². The monoisotopic (exact) mass is 396 g/mol. The Morgan fingerprint density at radius 1 is 1.10 bits per heavy atom. The zero-order valence-corrected chi connectivity index (χ0v) is 16.1. The van der Waals surface area contributed by atoms with Crippen molar-refractivity contribution in [2.24, 2.45) is 11.8 Å². The molecule has 2 aromatic rings.